The van der Waals surface area contributed by atoms with Gasteiger partial charge in [0.1, 0.15) is 0 Å². The highest BCUT2D eigenvalue weighted by Crippen LogP contribution is 2.25. The number of nitrogens with zero attached hydrogens (tertiary/aromatic N) is 3. The molecule has 25 heavy (non-hydrogen) atoms. The van der Waals surface area contributed by atoms with Crippen LogP contribution in [0.25, 0.3) is 22.8 Å². The number of hydrogen-bond acceptors (Lipinski definition) is 2. The van der Waals surface area contributed by atoms with Crippen molar-refractivity contribution in [3.8, 4) is 22.8 Å². The Kier molecular flexibility index (Phi) is 4.44. The van der Waals surface area contributed by atoms with E-state index in [9.17, 15) is 0 Å². The largest absolute Gasteiger partial charge is 0.241 e. The molecule has 0 atom stereocenters. The van der Waals surface area contributed by atoms with Crippen LogP contribution in [-0.2, 0) is 6.54 Å². The maximum absolute atomic E-state index is 4.82. The smallest absolute Gasteiger partial charge is 0.181 e. The van der Waals surface area contributed by atoms with Crippen molar-refractivity contribution in [2.24, 2.45) is 0 Å². The van der Waals surface area contributed by atoms with Crippen LogP contribution < -0.4 is 0 Å². The van der Waals surface area contributed by atoms with E-state index >= 15 is 0 Å². The van der Waals surface area contributed by atoms with E-state index in [4.69, 9.17) is 10.1 Å². The molecular weight excluding hydrogens is 374 g/mol. The molecular formula is C21H16BrN3. The molecule has 1 heterocycles. The van der Waals surface area contributed by atoms with E-state index in [2.05, 4.69) is 40.2 Å². The van der Waals surface area contributed by atoms with Gasteiger partial charge < -0.3 is 0 Å². The molecule has 3 aromatic carbocycles. The highest BCUT2D eigenvalue weighted by atomic mass is 79.9. The SMILES string of the molecule is Brc1cccc(-c2nc(-c3ccccc3)n(Cc3ccccc3)n2)c1. The summed E-state index contributed by atoms with van der Waals surface area (Å²) in [7, 11) is 0. The zero-order valence-corrected chi connectivity index (χ0v) is 15.1. The van der Waals surface area contributed by atoms with Crippen LogP contribution in [0.4, 0.5) is 0 Å². The van der Waals surface area contributed by atoms with Crippen molar-refractivity contribution in [2.45, 2.75) is 6.54 Å². The van der Waals surface area contributed by atoms with Gasteiger partial charge in [0.25, 0.3) is 0 Å². The average molecular weight is 390 g/mol. The maximum Gasteiger partial charge on any atom is 0.181 e. The lowest BCUT2D eigenvalue weighted by Crippen LogP contribution is -2.04. The summed E-state index contributed by atoms with van der Waals surface area (Å²) < 4.78 is 2.99. The van der Waals surface area contributed by atoms with Crippen molar-refractivity contribution in [3.63, 3.8) is 0 Å². The topological polar surface area (TPSA) is 30.7 Å². The molecule has 0 saturated carbocycles. The van der Waals surface area contributed by atoms with Gasteiger partial charge in [-0.2, -0.15) is 5.10 Å². The molecule has 4 rings (SSSR count). The lowest BCUT2D eigenvalue weighted by atomic mass is 10.2. The molecule has 0 saturated heterocycles. The summed E-state index contributed by atoms with van der Waals surface area (Å²) in [5.74, 6) is 1.61. The van der Waals surface area contributed by atoms with Gasteiger partial charge in [-0.15, -0.1) is 0 Å². The first-order chi connectivity index (χ1) is 12.3. The molecule has 122 valence electrons. The number of halogens is 1. The van der Waals surface area contributed by atoms with Crippen molar-refractivity contribution < 1.29 is 0 Å². The van der Waals surface area contributed by atoms with Crippen LogP contribution in [0.2, 0.25) is 0 Å². The fourth-order valence-electron chi connectivity index (χ4n) is 2.76. The van der Waals surface area contributed by atoms with E-state index < -0.39 is 0 Å². The molecule has 0 radical (unpaired) electrons. The highest BCUT2D eigenvalue weighted by molar-refractivity contribution is 9.10. The van der Waals surface area contributed by atoms with Crippen LogP contribution in [-0.4, -0.2) is 14.8 Å². The molecule has 0 aliphatic rings. The standard InChI is InChI=1S/C21H16BrN3/c22-19-13-7-12-18(14-19)20-23-21(17-10-5-2-6-11-17)25(24-20)15-16-8-3-1-4-9-16/h1-14H,15H2. The third kappa shape index (κ3) is 3.54. The summed E-state index contributed by atoms with van der Waals surface area (Å²) in [4.78, 5) is 4.82. The summed E-state index contributed by atoms with van der Waals surface area (Å²) in [5, 5.41) is 4.78. The molecule has 3 nitrogen and oxygen atoms in total. The number of rotatable bonds is 4. The average Bonchev–Trinajstić information content (AvgIpc) is 3.07. The van der Waals surface area contributed by atoms with E-state index in [1.54, 1.807) is 0 Å². The molecule has 0 aliphatic heterocycles. The van der Waals surface area contributed by atoms with Gasteiger partial charge in [0.15, 0.2) is 11.6 Å². The van der Waals surface area contributed by atoms with Crippen LogP contribution >= 0.6 is 15.9 Å². The van der Waals surface area contributed by atoms with Gasteiger partial charge in [-0.1, -0.05) is 88.7 Å². The van der Waals surface area contributed by atoms with Crippen LogP contribution in [0.3, 0.4) is 0 Å². The van der Waals surface area contributed by atoms with Crippen molar-refractivity contribution in [1.29, 1.82) is 0 Å². The van der Waals surface area contributed by atoms with Crippen molar-refractivity contribution in [1.82, 2.24) is 14.8 Å². The quantitative estimate of drug-likeness (QED) is 0.466. The van der Waals surface area contributed by atoms with Crippen LogP contribution in [0.1, 0.15) is 5.56 Å². The Balaban J connectivity index is 1.80. The lowest BCUT2D eigenvalue weighted by Gasteiger charge is -2.06. The summed E-state index contributed by atoms with van der Waals surface area (Å²) in [6.07, 6.45) is 0. The van der Waals surface area contributed by atoms with Gasteiger partial charge in [-0.3, -0.25) is 0 Å². The second kappa shape index (κ2) is 7.03. The third-order valence-corrected chi connectivity index (χ3v) is 4.45. The minimum absolute atomic E-state index is 0.687. The molecule has 4 heteroatoms. The zero-order chi connectivity index (χ0) is 17.1. The van der Waals surface area contributed by atoms with Gasteiger partial charge in [0.2, 0.25) is 0 Å². The molecule has 0 N–H and O–H groups in total. The van der Waals surface area contributed by atoms with Gasteiger partial charge >= 0.3 is 0 Å². The van der Waals surface area contributed by atoms with Gasteiger partial charge in [0, 0.05) is 15.6 Å². The number of aromatic nitrogens is 3. The predicted molar refractivity (Wildman–Crippen MR) is 104 cm³/mol. The van der Waals surface area contributed by atoms with E-state index in [1.807, 2.05) is 65.3 Å². The minimum Gasteiger partial charge on any atom is -0.241 e. The first kappa shape index (κ1) is 15.8. The van der Waals surface area contributed by atoms with E-state index in [1.165, 1.54) is 5.56 Å². The Morgan fingerprint density at radius 2 is 1.44 bits per heavy atom. The Bertz CT molecular complexity index is 978. The predicted octanol–water partition coefficient (Wildman–Crippen LogP) is 5.42. The summed E-state index contributed by atoms with van der Waals surface area (Å²) >= 11 is 3.52. The molecule has 1 aromatic heterocycles. The van der Waals surface area contributed by atoms with Crippen molar-refractivity contribution in [2.75, 3.05) is 0 Å². The van der Waals surface area contributed by atoms with E-state index in [0.717, 1.165) is 27.2 Å². The van der Waals surface area contributed by atoms with Crippen molar-refractivity contribution >= 4 is 15.9 Å². The summed E-state index contributed by atoms with van der Waals surface area (Å²) in [6.45, 7) is 0.687. The fourth-order valence-corrected chi connectivity index (χ4v) is 3.16. The molecule has 0 bridgehead atoms. The van der Waals surface area contributed by atoms with Crippen molar-refractivity contribution in [3.05, 3.63) is 95.0 Å². The van der Waals surface area contributed by atoms with Crippen LogP contribution in [0.15, 0.2) is 89.4 Å². The highest BCUT2D eigenvalue weighted by Gasteiger charge is 2.14. The summed E-state index contributed by atoms with van der Waals surface area (Å²) in [5.41, 5.74) is 3.26. The molecule has 0 aliphatic carbocycles. The number of hydrogen-bond donors (Lipinski definition) is 0. The molecule has 0 amide bonds. The van der Waals surface area contributed by atoms with Crippen LogP contribution in [0.5, 0.6) is 0 Å². The van der Waals surface area contributed by atoms with Gasteiger partial charge in [0.05, 0.1) is 6.54 Å². The number of benzene rings is 3. The second-order valence-electron chi connectivity index (χ2n) is 5.78. The van der Waals surface area contributed by atoms with Gasteiger partial charge in [-0.25, -0.2) is 9.67 Å². The van der Waals surface area contributed by atoms with Crippen LogP contribution in [0, 0.1) is 0 Å². The normalized spacial score (nSPS) is 10.8. The first-order valence-corrected chi connectivity index (χ1v) is 8.89. The Labute approximate surface area is 155 Å². The third-order valence-electron chi connectivity index (χ3n) is 3.96. The molecule has 0 spiro atoms. The molecule has 4 aromatic rings. The van der Waals surface area contributed by atoms with Gasteiger partial charge in [-0.05, 0) is 17.7 Å². The first-order valence-electron chi connectivity index (χ1n) is 8.10. The molecule has 0 unspecified atom stereocenters. The zero-order valence-electron chi connectivity index (χ0n) is 13.5. The lowest BCUT2D eigenvalue weighted by molar-refractivity contribution is 0.695. The van der Waals surface area contributed by atoms with E-state index in [0.29, 0.717) is 6.54 Å². The molecule has 0 fully saturated rings. The Morgan fingerprint density at radius 1 is 0.760 bits per heavy atom. The Morgan fingerprint density at radius 3 is 2.16 bits per heavy atom. The summed E-state index contributed by atoms with van der Waals surface area (Å²) in [6, 6.07) is 28.6. The monoisotopic (exact) mass is 389 g/mol. The fraction of sp³-hybridized carbons (Fsp3) is 0.0476. The van der Waals surface area contributed by atoms with E-state index in [-0.39, 0.29) is 0 Å². The second-order valence-corrected chi connectivity index (χ2v) is 6.69. The minimum atomic E-state index is 0.687. The maximum atomic E-state index is 4.82. The Hall–Kier alpha value is -2.72.